The molecule has 1 amide bonds. The van der Waals surface area contributed by atoms with E-state index in [0.717, 1.165) is 11.6 Å². The third-order valence-electron chi connectivity index (χ3n) is 4.37. The Bertz CT molecular complexity index is 923. The van der Waals surface area contributed by atoms with Gasteiger partial charge in [-0.3, -0.25) is 14.9 Å². The first-order chi connectivity index (χ1) is 13.0. The Balaban J connectivity index is 0.00000280. The van der Waals surface area contributed by atoms with Gasteiger partial charge < -0.3 is 20.1 Å². The SMILES string of the molecule is COc1cc(C(=O)Nc2ccc3c(c2F)CCNC3)cc([N+](=O)[O-])c1OC.Cl. The Morgan fingerprint density at radius 2 is 2.04 bits per heavy atom. The fraction of sp³-hybridized carbons (Fsp3) is 0.278. The summed E-state index contributed by atoms with van der Waals surface area (Å²) in [6, 6.07) is 5.60. The zero-order valence-corrected chi connectivity index (χ0v) is 16.0. The molecule has 0 bridgehead atoms. The molecule has 0 atom stereocenters. The van der Waals surface area contributed by atoms with Crippen molar-refractivity contribution < 1.29 is 23.6 Å². The average Bonchev–Trinajstić information content (AvgIpc) is 2.68. The first kappa shape index (κ1) is 21.4. The molecular formula is C18H19ClFN3O5. The van der Waals surface area contributed by atoms with E-state index in [9.17, 15) is 19.3 Å². The number of benzene rings is 2. The highest BCUT2D eigenvalue weighted by molar-refractivity contribution is 6.05. The predicted octanol–water partition coefficient (Wildman–Crippen LogP) is 3.07. The number of carbonyl (C=O) groups excluding carboxylic acids is 1. The van der Waals surface area contributed by atoms with Crippen molar-refractivity contribution in [2.75, 3.05) is 26.1 Å². The van der Waals surface area contributed by atoms with Gasteiger partial charge in [0.15, 0.2) is 5.75 Å². The Kier molecular flexibility index (Phi) is 6.76. The van der Waals surface area contributed by atoms with Gasteiger partial charge in [0.05, 0.1) is 30.4 Å². The molecule has 2 aromatic rings. The summed E-state index contributed by atoms with van der Waals surface area (Å²) in [4.78, 5) is 23.2. The number of halogens is 2. The van der Waals surface area contributed by atoms with Crippen molar-refractivity contribution in [3.8, 4) is 11.5 Å². The van der Waals surface area contributed by atoms with Crippen molar-refractivity contribution in [3.05, 3.63) is 56.9 Å². The lowest BCUT2D eigenvalue weighted by molar-refractivity contribution is -0.385. The fourth-order valence-electron chi connectivity index (χ4n) is 3.04. The molecule has 2 N–H and O–H groups in total. The second-order valence-electron chi connectivity index (χ2n) is 5.93. The number of carbonyl (C=O) groups is 1. The molecule has 0 aromatic heterocycles. The van der Waals surface area contributed by atoms with E-state index >= 15 is 0 Å². The summed E-state index contributed by atoms with van der Waals surface area (Å²) >= 11 is 0. The standard InChI is InChI=1S/C18H18FN3O5.ClH/c1-26-15-8-11(7-14(22(24)25)17(15)27-2)18(23)21-13-4-3-10-9-20-6-5-12(10)16(13)19;/h3-4,7-8,20H,5-6,9H2,1-2H3,(H,21,23);1H. The minimum atomic E-state index is -0.688. The molecule has 2 aromatic carbocycles. The second kappa shape index (κ2) is 8.85. The summed E-state index contributed by atoms with van der Waals surface area (Å²) < 4.78 is 24.8. The number of hydrogen-bond acceptors (Lipinski definition) is 6. The zero-order chi connectivity index (χ0) is 19.6. The van der Waals surface area contributed by atoms with Crippen LogP contribution in [0.1, 0.15) is 21.5 Å². The molecule has 28 heavy (non-hydrogen) atoms. The molecule has 0 spiro atoms. The molecular weight excluding hydrogens is 393 g/mol. The molecule has 0 fully saturated rings. The van der Waals surface area contributed by atoms with Crippen molar-refractivity contribution in [3.63, 3.8) is 0 Å². The summed E-state index contributed by atoms with van der Waals surface area (Å²) in [7, 11) is 2.57. The molecule has 0 saturated carbocycles. The molecule has 1 aliphatic rings. The van der Waals surface area contributed by atoms with Crippen molar-refractivity contribution >= 4 is 29.7 Å². The topological polar surface area (TPSA) is 103 Å². The Morgan fingerprint density at radius 3 is 2.68 bits per heavy atom. The number of nitro groups is 1. The number of hydrogen-bond donors (Lipinski definition) is 2. The monoisotopic (exact) mass is 411 g/mol. The van der Waals surface area contributed by atoms with Gasteiger partial charge in [0, 0.05) is 12.6 Å². The number of ether oxygens (including phenoxy) is 2. The lowest BCUT2D eigenvalue weighted by atomic mass is 9.99. The van der Waals surface area contributed by atoms with Crippen molar-refractivity contribution in [1.82, 2.24) is 5.32 Å². The molecule has 3 rings (SSSR count). The van der Waals surface area contributed by atoms with E-state index in [0.29, 0.717) is 25.1 Å². The van der Waals surface area contributed by atoms with E-state index in [1.807, 2.05) is 0 Å². The van der Waals surface area contributed by atoms with Crippen LogP contribution in [-0.2, 0) is 13.0 Å². The van der Waals surface area contributed by atoms with Crippen LogP contribution in [0.2, 0.25) is 0 Å². The lowest BCUT2D eigenvalue weighted by Gasteiger charge is -2.19. The van der Waals surface area contributed by atoms with Gasteiger partial charge in [-0.2, -0.15) is 0 Å². The summed E-state index contributed by atoms with van der Waals surface area (Å²) in [6.45, 7) is 1.23. The van der Waals surface area contributed by atoms with Gasteiger partial charge in [0.1, 0.15) is 5.82 Å². The summed E-state index contributed by atoms with van der Waals surface area (Å²) in [5, 5.41) is 16.9. The Labute approximate surface area is 166 Å². The number of rotatable bonds is 5. The van der Waals surface area contributed by atoms with E-state index in [1.54, 1.807) is 6.07 Å². The molecule has 1 heterocycles. The molecule has 150 valence electrons. The van der Waals surface area contributed by atoms with Gasteiger partial charge in [0.25, 0.3) is 5.91 Å². The number of amides is 1. The van der Waals surface area contributed by atoms with Gasteiger partial charge in [-0.1, -0.05) is 6.07 Å². The van der Waals surface area contributed by atoms with Gasteiger partial charge in [-0.15, -0.1) is 12.4 Å². The van der Waals surface area contributed by atoms with Crippen molar-refractivity contribution in [2.24, 2.45) is 0 Å². The molecule has 8 nitrogen and oxygen atoms in total. The van der Waals surface area contributed by atoms with Gasteiger partial charge in [0.2, 0.25) is 5.75 Å². The van der Waals surface area contributed by atoms with E-state index in [1.165, 1.54) is 26.4 Å². The minimum Gasteiger partial charge on any atom is -0.493 e. The van der Waals surface area contributed by atoms with E-state index in [2.05, 4.69) is 10.6 Å². The minimum absolute atomic E-state index is 0. The van der Waals surface area contributed by atoms with E-state index < -0.39 is 22.3 Å². The summed E-state index contributed by atoms with van der Waals surface area (Å²) in [5.41, 5.74) is 0.971. The quantitative estimate of drug-likeness (QED) is 0.579. The van der Waals surface area contributed by atoms with Crippen LogP contribution >= 0.6 is 12.4 Å². The summed E-state index contributed by atoms with van der Waals surface area (Å²) in [5.74, 6) is -1.23. The largest absolute Gasteiger partial charge is 0.493 e. The van der Waals surface area contributed by atoms with Crippen LogP contribution < -0.4 is 20.1 Å². The third kappa shape index (κ3) is 4.00. The number of nitrogens with zero attached hydrogens (tertiary/aromatic N) is 1. The number of methoxy groups -OCH3 is 2. The van der Waals surface area contributed by atoms with Crippen molar-refractivity contribution in [2.45, 2.75) is 13.0 Å². The highest BCUT2D eigenvalue weighted by atomic mass is 35.5. The number of fused-ring (bicyclic) bond motifs is 1. The molecule has 0 aliphatic carbocycles. The van der Waals surface area contributed by atoms with Gasteiger partial charge in [-0.25, -0.2) is 4.39 Å². The smallest absolute Gasteiger partial charge is 0.315 e. The van der Waals surface area contributed by atoms with Crippen LogP contribution in [0.4, 0.5) is 15.8 Å². The predicted molar refractivity (Wildman–Crippen MR) is 103 cm³/mol. The number of nitrogens with one attached hydrogen (secondary N) is 2. The van der Waals surface area contributed by atoms with Crippen LogP contribution in [0.5, 0.6) is 11.5 Å². The average molecular weight is 412 g/mol. The Hall–Kier alpha value is -2.91. The normalized spacial score (nSPS) is 12.4. The maximum absolute atomic E-state index is 14.7. The fourth-order valence-corrected chi connectivity index (χ4v) is 3.04. The molecule has 0 radical (unpaired) electrons. The lowest BCUT2D eigenvalue weighted by Crippen LogP contribution is -2.25. The van der Waals surface area contributed by atoms with Crippen LogP contribution in [-0.4, -0.2) is 31.6 Å². The van der Waals surface area contributed by atoms with Gasteiger partial charge >= 0.3 is 5.69 Å². The van der Waals surface area contributed by atoms with Crippen molar-refractivity contribution in [1.29, 1.82) is 0 Å². The second-order valence-corrected chi connectivity index (χ2v) is 5.93. The third-order valence-corrected chi connectivity index (χ3v) is 4.37. The molecule has 10 heteroatoms. The van der Waals surface area contributed by atoms with Crippen LogP contribution in [0.25, 0.3) is 0 Å². The number of anilines is 1. The van der Waals surface area contributed by atoms with Crippen LogP contribution in [0.15, 0.2) is 24.3 Å². The first-order valence-electron chi connectivity index (χ1n) is 8.19. The maximum atomic E-state index is 14.7. The first-order valence-corrected chi connectivity index (χ1v) is 8.19. The molecule has 0 saturated heterocycles. The number of nitro benzene ring substituents is 1. The molecule has 1 aliphatic heterocycles. The highest BCUT2D eigenvalue weighted by Crippen LogP contribution is 2.38. The van der Waals surface area contributed by atoms with Crippen LogP contribution in [0, 0.1) is 15.9 Å². The van der Waals surface area contributed by atoms with Crippen LogP contribution in [0.3, 0.4) is 0 Å². The van der Waals surface area contributed by atoms with E-state index in [-0.39, 0.29) is 35.2 Å². The summed E-state index contributed by atoms with van der Waals surface area (Å²) in [6.07, 6.45) is 0.521. The molecule has 0 unspecified atom stereocenters. The van der Waals surface area contributed by atoms with Gasteiger partial charge in [-0.05, 0) is 36.2 Å². The highest BCUT2D eigenvalue weighted by Gasteiger charge is 2.25. The zero-order valence-electron chi connectivity index (χ0n) is 15.2. The maximum Gasteiger partial charge on any atom is 0.315 e. The van der Waals surface area contributed by atoms with E-state index in [4.69, 9.17) is 9.47 Å². The Morgan fingerprint density at radius 1 is 1.29 bits per heavy atom.